The fourth-order valence-electron chi connectivity index (χ4n) is 5.69. The maximum Gasteiger partial charge on any atom is 0.488 e. The number of rotatable bonds is 16. The Morgan fingerprint density at radius 1 is 0.939 bits per heavy atom. The minimum atomic E-state index is -1.57. The van der Waals surface area contributed by atoms with Crippen molar-refractivity contribution in [1.82, 2.24) is 21.5 Å². The molecule has 15 heteroatoms. The van der Waals surface area contributed by atoms with Crippen LogP contribution in [0.25, 0.3) is 0 Å². The van der Waals surface area contributed by atoms with Gasteiger partial charge in [-0.1, -0.05) is 35.9 Å². The fraction of sp³-hybridized carbons (Fsp3) is 0.382. The molecule has 3 aromatic rings. The minimum Gasteiger partial charge on any atom is -0.491 e. The van der Waals surface area contributed by atoms with Crippen molar-refractivity contribution in [3.63, 3.8) is 0 Å². The van der Waals surface area contributed by atoms with Gasteiger partial charge in [0.25, 0.3) is 5.91 Å². The second kappa shape index (κ2) is 17.6. The highest BCUT2D eigenvalue weighted by molar-refractivity contribution is 6.58. The molecule has 0 aliphatic carbocycles. The first-order valence-corrected chi connectivity index (χ1v) is 16.7. The third-order valence-corrected chi connectivity index (χ3v) is 8.33. The number of hydrogen-bond acceptors (Lipinski definition) is 11. The van der Waals surface area contributed by atoms with Crippen LogP contribution in [0.3, 0.4) is 0 Å². The Morgan fingerprint density at radius 3 is 2.37 bits per heavy atom. The van der Waals surface area contributed by atoms with Crippen molar-refractivity contribution in [3.8, 4) is 5.75 Å². The molecule has 5 rings (SSSR count). The van der Waals surface area contributed by atoms with E-state index in [9.17, 15) is 9.59 Å². The van der Waals surface area contributed by atoms with Crippen LogP contribution in [0.4, 0.5) is 5.69 Å². The number of carbonyl (C=O) groups excluding carboxylic acids is 2. The van der Waals surface area contributed by atoms with Gasteiger partial charge in [-0.15, -0.1) is 0 Å². The number of carbonyl (C=O) groups is 2. The molecule has 2 unspecified atom stereocenters. The van der Waals surface area contributed by atoms with Gasteiger partial charge in [-0.25, -0.2) is 10.9 Å². The van der Waals surface area contributed by atoms with E-state index in [4.69, 9.17) is 40.9 Å². The van der Waals surface area contributed by atoms with Gasteiger partial charge in [-0.05, 0) is 61.8 Å². The van der Waals surface area contributed by atoms with Crippen LogP contribution < -0.4 is 36.6 Å². The lowest BCUT2D eigenvalue weighted by Crippen LogP contribution is -2.47. The highest BCUT2D eigenvalue weighted by Gasteiger charge is 2.40. The lowest BCUT2D eigenvalue weighted by Gasteiger charge is -2.31. The molecular formula is C34H42BClN6O7. The van der Waals surface area contributed by atoms with Crippen LogP contribution in [0.1, 0.15) is 41.8 Å². The van der Waals surface area contributed by atoms with Gasteiger partial charge in [0, 0.05) is 40.5 Å². The number of nitrogens with zero attached hydrogens (tertiary/aromatic N) is 2. The van der Waals surface area contributed by atoms with E-state index in [1.165, 1.54) is 24.3 Å². The fourth-order valence-corrected chi connectivity index (χ4v) is 5.82. The molecule has 2 aliphatic rings. The summed E-state index contributed by atoms with van der Waals surface area (Å²) in [6, 6.07) is 19.1. The van der Waals surface area contributed by atoms with Crippen LogP contribution in [0, 0.1) is 0 Å². The molecule has 2 heterocycles. The molecule has 2 aliphatic heterocycles. The van der Waals surface area contributed by atoms with Crippen LogP contribution in [-0.4, -0.2) is 99.2 Å². The van der Waals surface area contributed by atoms with E-state index >= 15 is 0 Å². The molecule has 1 fully saturated rings. The number of hydrazine groups is 1. The van der Waals surface area contributed by atoms with E-state index in [0.29, 0.717) is 67.9 Å². The van der Waals surface area contributed by atoms with Crippen molar-refractivity contribution in [2.75, 3.05) is 51.0 Å². The molecule has 13 nitrogen and oxygen atoms in total. The number of benzene rings is 3. The molecule has 0 radical (unpaired) electrons. The standard InChI is InChI=1S/C34H42BClN6O7/c1-3-37-31(43)21-29-33-41-40-22(2)42(33)30-13-12-27(20-28(30)32(39-29)23-6-10-26(36)11-7-23)49-19-18-48-17-16-47-15-14-38-34(44)24-4-8-25(9-5-24)35(45)46/h4-13,20,22,29,33,40-41,45-46H,3,14-19,21H2,1-2H3,(H,37,43)(H,38,44)/t22?,29-,33?/m0/s1. The van der Waals surface area contributed by atoms with E-state index in [0.717, 1.165) is 22.5 Å². The second-order valence-corrected chi connectivity index (χ2v) is 12.0. The monoisotopic (exact) mass is 692 g/mol. The first-order chi connectivity index (χ1) is 23.7. The summed E-state index contributed by atoms with van der Waals surface area (Å²) in [6.45, 7) is 6.52. The summed E-state index contributed by atoms with van der Waals surface area (Å²) in [5.41, 5.74) is 10.8. The topological polar surface area (TPSA) is 166 Å². The number of anilines is 1. The number of aliphatic imine (C=N–C) groups is 1. The molecule has 2 amide bonds. The Morgan fingerprint density at radius 2 is 1.65 bits per heavy atom. The average Bonchev–Trinajstić information content (AvgIpc) is 3.42. The van der Waals surface area contributed by atoms with Crippen molar-refractivity contribution < 1.29 is 33.8 Å². The van der Waals surface area contributed by atoms with Crippen molar-refractivity contribution >= 4 is 47.4 Å². The first kappa shape index (κ1) is 36.3. The van der Waals surface area contributed by atoms with Crippen LogP contribution in [-0.2, 0) is 14.3 Å². The zero-order valence-electron chi connectivity index (χ0n) is 27.5. The van der Waals surface area contributed by atoms with Crippen LogP contribution >= 0.6 is 11.6 Å². The maximum absolute atomic E-state index is 12.7. The SMILES string of the molecule is CCNC(=O)C[C@@H]1N=C(c2ccc(Cl)cc2)c2cc(OCCOCCOCCNC(=O)c3ccc(B(O)O)cc3)ccc2N2C(C)NNC12. The zero-order valence-corrected chi connectivity index (χ0v) is 28.3. The van der Waals surface area contributed by atoms with Gasteiger partial charge in [0.15, 0.2) is 0 Å². The summed E-state index contributed by atoms with van der Waals surface area (Å²) < 4.78 is 17.3. The molecule has 6 N–H and O–H groups in total. The number of halogens is 1. The highest BCUT2D eigenvalue weighted by atomic mass is 35.5. The summed E-state index contributed by atoms with van der Waals surface area (Å²) >= 11 is 6.22. The number of ether oxygens (including phenoxy) is 3. The third kappa shape index (κ3) is 9.58. The summed E-state index contributed by atoms with van der Waals surface area (Å²) in [7, 11) is -1.57. The summed E-state index contributed by atoms with van der Waals surface area (Å²) in [6.07, 6.45) is -0.0898. The molecule has 49 heavy (non-hydrogen) atoms. The maximum atomic E-state index is 12.7. The summed E-state index contributed by atoms with van der Waals surface area (Å²) in [5.74, 6) is 0.317. The van der Waals surface area contributed by atoms with Crippen molar-refractivity contribution in [2.24, 2.45) is 4.99 Å². The van der Waals surface area contributed by atoms with Gasteiger partial charge in [-0.2, -0.15) is 0 Å². The van der Waals surface area contributed by atoms with E-state index in [1.54, 1.807) is 0 Å². The second-order valence-electron chi connectivity index (χ2n) is 11.5. The molecule has 1 saturated heterocycles. The third-order valence-electron chi connectivity index (χ3n) is 8.08. The number of nitrogens with one attached hydrogen (secondary N) is 4. The molecule has 3 atom stereocenters. The minimum absolute atomic E-state index is 0.0560. The number of fused-ring (bicyclic) bond motifs is 3. The summed E-state index contributed by atoms with van der Waals surface area (Å²) in [5, 5.41) is 24.6. The first-order valence-electron chi connectivity index (χ1n) is 16.3. The molecule has 0 spiro atoms. The van der Waals surface area contributed by atoms with Gasteiger partial charge in [-0.3, -0.25) is 14.6 Å². The van der Waals surface area contributed by atoms with Gasteiger partial charge in [0.2, 0.25) is 5.91 Å². The Hall–Kier alpha value is -4.02. The summed E-state index contributed by atoms with van der Waals surface area (Å²) in [4.78, 5) is 32.3. The molecule has 0 bridgehead atoms. The Labute approximate surface area is 291 Å². The van der Waals surface area contributed by atoms with E-state index in [-0.39, 0.29) is 36.6 Å². The smallest absolute Gasteiger partial charge is 0.488 e. The average molecular weight is 693 g/mol. The predicted molar refractivity (Wildman–Crippen MR) is 188 cm³/mol. The Balaban J connectivity index is 1.14. The number of hydrogen-bond donors (Lipinski definition) is 6. The van der Waals surface area contributed by atoms with Crippen molar-refractivity contribution in [3.05, 3.63) is 88.4 Å². The van der Waals surface area contributed by atoms with E-state index in [2.05, 4.69) is 33.3 Å². The quantitative estimate of drug-likeness (QED) is 0.0949. The molecule has 0 saturated carbocycles. The van der Waals surface area contributed by atoms with Crippen LogP contribution in [0.2, 0.25) is 5.02 Å². The van der Waals surface area contributed by atoms with Gasteiger partial charge in [0.05, 0.1) is 50.8 Å². The lowest BCUT2D eigenvalue weighted by molar-refractivity contribution is -0.121. The zero-order chi connectivity index (χ0) is 34.8. The van der Waals surface area contributed by atoms with Crippen molar-refractivity contribution in [1.29, 1.82) is 0 Å². The molecule has 0 aromatic heterocycles. The largest absolute Gasteiger partial charge is 0.491 e. The van der Waals surface area contributed by atoms with E-state index in [1.807, 2.05) is 49.4 Å². The predicted octanol–water partition coefficient (Wildman–Crippen LogP) is 1.19. The van der Waals surface area contributed by atoms with Gasteiger partial charge in [0.1, 0.15) is 18.5 Å². The molecule has 3 aromatic carbocycles. The van der Waals surface area contributed by atoms with Crippen molar-refractivity contribution in [2.45, 2.75) is 38.6 Å². The van der Waals surface area contributed by atoms with Gasteiger partial charge < -0.3 is 39.8 Å². The lowest BCUT2D eigenvalue weighted by atomic mass is 9.80. The van der Waals surface area contributed by atoms with E-state index < -0.39 is 7.12 Å². The molecule has 260 valence electrons. The molecular weight excluding hydrogens is 651 g/mol. The van der Waals surface area contributed by atoms with Crippen LogP contribution in [0.15, 0.2) is 71.7 Å². The number of amides is 2. The van der Waals surface area contributed by atoms with Crippen LogP contribution in [0.5, 0.6) is 5.75 Å². The Bertz CT molecular complexity index is 1590. The highest BCUT2D eigenvalue weighted by Crippen LogP contribution is 2.36. The Kier molecular flexibility index (Phi) is 13.0. The normalized spacial score (nSPS) is 18.2. The van der Waals surface area contributed by atoms with Gasteiger partial charge >= 0.3 is 7.12 Å².